The first kappa shape index (κ1) is 17.1. The molecule has 8 heteroatoms. The maximum Gasteiger partial charge on any atom is 0.228 e. The molecule has 138 valence electrons. The van der Waals surface area contributed by atoms with E-state index in [0.29, 0.717) is 37.4 Å². The summed E-state index contributed by atoms with van der Waals surface area (Å²) in [5.74, 6) is 2.00. The normalized spacial score (nSPS) is 22.8. The molecular weight excluding hydrogens is 337 g/mol. The zero-order valence-electron chi connectivity index (χ0n) is 14.7. The number of hydrogen-bond acceptors (Lipinski definition) is 5. The van der Waals surface area contributed by atoms with Crippen molar-refractivity contribution in [2.45, 2.75) is 31.8 Å². The molecule has 4 rings (SSSR count). The van der Waals surface area contributed by atoms with Gasteiger partial charge in [-0.2, -0.15) is 5.10 Å². The molecule has 0 radical (unpaired) electrons. The van der Waals surface area contributed by atoms with E-state index in [2.05, 4.69) is 20.2 Å². The van der Waals surface area contributed by atoms with Crippen LogP contribution in [0.4, 0.5) is 4.39 Å². The number of rotatable bonds is 6. The summed E-state index contributed by atoms with van der Waals surface area (Å²) in [5, 5.41) is 7.25. The Labute approximate surface area is 151 Å². The summed E-state index contributed by atoms with van der Waals surface area (Å²) in [6.45, 7) is 1.63. The second kappa shape index (κ2) is 7.11. The quantitative estimate of drug-likeness (QED) is 0.848. The SMILES string of the molecule is COCc1nc([C@H]2CN(C(=O)Cc3ncccc3F)C[C@@H]2C2CC2)n[nH]1. The number of carbonyl (C=O) groups is 1. The molecule has 0 bridgehead atoms. The summed E-state index contributed by atoms with van der Waals surface area (Å²) in [7, 11) is 1.61. The maximum atomic E-state index is 13.8. The fourth-order valence-electron chi connectivity index (χ4n) is 3.79. The van der Waals surface area contributed by atoms with Crippen molar-refractivity contribution in [3.63, 3.8) is 0 Å². The van der Waals surface area contributed by atoms with Crippen LogP contribution in [0.25, 0.3) is 0 Å². The molecule has 1 amide bonds. The van der Waals surface area contributed by atoms with E-state index in [1.54, 1.807) is 7.11 Å². The zero-order chi connectivity index (χ0) is 18.1. The van der Waals surface area contributed by atoms with Gasteiger partial charge >= 0.3 is 0 Å². The van der Waals surface area contributed by atoms with Gasteiger partial charge in [0.25, 0.3) is 0 Å². The Bertz CT molecular complexity index is 791. The van der Waals surface area contributed by atoms with E-state index in [-0.39, 0.29) is 23.9 Å². The van der Waals surface area contributed by atoms with Crippen LogP contribution in [0.3, 0.4) is 0 Å². The first-order chi connectivity index (χ1) is 12.7. The lowest BCUT2D eigenvalue weighted by Crippen LogP contribution is -2.31. The molecule has 0 aromatic carbocycles. The third-order valence-corrected chi connectivity index (χ3v) is 5.26. The van der Waals surface area contributed by atoms with Crippen molar-refractivity contribution in [3.05, 3.63) is 41.5 Å². The van der Waals surface area contributed by atoms with Gasteiger partial charge in [0.05, 0.1) is 12.1 Å². The predicted molar refractivity (Wildman–Crippen MR) is 90.5 cm³/mol. The van der Waals surface area contributed by atoms with Crippen LogP contribution in [-0.2, 0) is 22.6 Å². The van der Waals surface area contributed by atoms with Gasteiger partial charge in [-0.3, -0.25) is 14.9 Å². The molecule has 7 nitrogen and oxygen atoms in total. The van der Waals surface area contributed by atoms with Gasteiger partial charge in [0.15, 0.2) is 11.6 Å². The van der Waals surface area contributed by atoms with Crippen LogP contribution >= 0.6 is 0 Å². The number of pyridine rings is 1. The largest absolute Gasteiger partial charge is 0.377 e. The Morgan fingerprint density at radius 3 is 3.00 bits per heavy atom. The van der Waals surface area contributed by atoms with Gasteiger partial charge in [0.2, 0.25) is 5.91 Å². The number of amides is 1. The highest BCUT2D eigenvalue weighted by atomic mass is 19.1. The summed E-state index contributed by atoms with van der Waals surface area (Å²) in [5.41, 5.74) is 0.198. The lowest BCUT2D eigenvalue weighted by atomic mass is 9.91. The minimum absolute atomic E-state index is 0.0142. The molecule has 2 aromatic rings. The van der Waals surface area contributed by atoms with Gasteiger partial charge in [-0.15, -0.1) is 0 Å². The van der Waals surface area contributed by atoms with E-state index in [9.17, 15) is 9.18 Å². The Kier molecular flexibility index (Phi) is 4.67. The second-order valence-electron chi connectivity index (χ2n) is 7.09. The summed E-state index contributed by atoms with van der Waals surface area (Å²) < 4.78 is 18.9. The number of H-pyrrole nitrogens is 1. The fourth-order valence-corrected chi connectivity index (χ4v) is 3.79. The summed E-state index contributed by atoms with van der Waals surface area (Å²) in [6.07, 6.45) is 3.87. The van der Waals surface area contributed by atoms with Gasteiger partial charge in [0.1, 0.15) is 12.4 Å². The minimum Gasteiger partial charge on any atom is -0.377 e. The van der Waals surface area contributed by atoms with Crippen molar-refractivity contribution in [1.82, 2.24) is 25.1 Å². The topological polar surface area (TPSA) is 84.0 Å². The molecule has 0 unspecified atom stereocenters. The number of halogens is 1. The molecule has 2 atom stereocenters. The Morgan fingerprint density at radius 1 is 1.42 bits per heavy atom. The van der Waals surface area contributed by atoms with Crippen LogP contribution in [0.15, 0.2) is 18.3 Å². The van der Waals surface area contributed by atoms with E-state index in [0.717, 1.165) is 5.82 Å². The molecule has 1 saturated heterocycles. The Hall–Kier alpha value is -2.35. The standard InChI is InChI=1S/C18H22FN5O2/c1-26-10-16-21-18(23-22-16)13-9-24(8-12(13)11-4-5-11)17(25)7-15-14(19)3-2-6-20-15/h2-3,6,11-13H,4-5,7-10H2,1H3,(H,21,22,23)/t12-,13+/m1/s1. The molecule has 2 aliphatic rings. The highest BCUT2D eigenvalue weighted by Crippen LogP contribution is 2.47. The van der Waals surface area contributed by atoms with Crippen LogP contribution in [0.5, 0.6) is 0 Å². The number of nitrogens with zero attached hydrogens (tertiary/aromatic N) is 4. The smallest absolute Gasteiger partial charge is 0.228 e. The average Bonchev–Trinajstić information content (AvgIpc) is 3.20. The Balaban J connectivity index is 1.48. The molecule has 26 heavy (non-hydrogen) atoms. The third-order valence-electron chi connectivity index (χ3n) is 5.26. The molecule has 2 aromatic heterocycles. The molecule has 1 saturated carbocycles. The van der Waals surface area contributed by atoms with E-state index < -0.39 is 5.82 Å². The third kappa shape index (κ3) is 3.46. The van der Waals surface area contributed by atoms with Gasteiger partial charge in [-0.05, 0) is 36.8 Å². The highest BCUT2D eigenvalue weighted by Gasteiger charge is 2.45. The van der Waals surface area contributed by atoms with Crippen LogP contribution < -0.4 is 0 Å². The summed E-state index contributed by atoms with van der Waals surface area (Å²) in [6, 6.07) is 2.86. The van der Waals surface area contributed by atoms with Crippen molar-refractivity contribution >= 4 is 5.91 Å². The first-order valence-corrected chi connectivity index (χ1v) is 8.93. The number of likely N-dealkylation sites (tertiary alicyclic amines) is 1. The highest BCUT2D eigenvalue weighted by molar-refractivity contribution is 5.78. The maximum absolute atomic E-state index is 13.8. The van der Waals surface area contributed by atoms with Crippen molar-refractivity contribution in [3.8, 4) is 0 Å². The average molecular weight is 359 g/mol. The summed E-state index contributed by atoms with van der Waals surface area (Å²) >= 11 is 0. The number of nitrogens with one attached hydrogen (secondary N) is 1. The molecular formula is C18H22FN5O2. The molecule has 1 aliphatic carbocycles. The number of carbonyl (C=O) groups excluding carboxylic acids is 1. The fraction of sp³-hybridized carbons (Fsp3) is 0.556. The van der Waals surface area contributed by atoms with Gasteiger partial charge < -0.3 is 9.64 Å². The molecule has 2 fully saturated rings. The zero-order valence-corrected chi connectivity index (χ0v) is 14.7. The Morgan fingerprint density at radius 2 is 2.27 bits per heavy atom. The monoisotopic (exact) mass is 359 g/mol. The van der Waals surface area contributed by atoms with Crippen LogP contribution in [0.1, 0.15) is 36.1 Å². The van der Waals surface area contributed by atoms with E-state index in [4.69, 9.17) is 4.74 Å². The van der Waals surface area contributed by atoms with Crippen LogP contribution in [0, 0.1) is 17.7 Å². The number of aromatic nitrogens is 4. The number of ether oxygens (including phenoxy) is 1. The number of aromatic amines is 1. The van der Waals surface area contributed by atoms with Crippen molar-refractivity contribution in [2.75, 3.05) is 20.2 Å². The van der Waals surface area contributed by atoms with Gasteiger partial charge in [0, 0.05) is 32.3 Å². The molecule has 3 heterocycles. The minimum atomic E-state index is -0.437. The first-order valence-electron chi connectivity index (χ1n) is 8.93. The predicted octanol–water partition coefficient (Wildman–Crippen LogP) is 1.68. The number of hydrogen-bond donors (Lipinski definition) is 1. The lowest BCUT2D eigenvalue weighted by molar-refractivity contribution is -0.129. The van der Waals surface area contributed by atoms with Crippen LogP contribution in [0.2, 0.25) is 0 Å². The summed E-state index contributed by atoms with van der Waals surface area (Å²) in [4.78, 5) is 23.0. The van der Waals surface area contributed by atoms with E-state index in [1.165, 1.54) is 31.2 Å². The van der Waals surface area contributed by atoms with E-state index in [1.807, 2.05) is 4.90 Å². The second-order valence-corrected chi connectivity index (χ2v) is 7.09. The molecule has 0 spiro atoms. The van der Waals surface area contributed by atoms with Crippen molar-refractivity contribution in [2.24, 2.45) is 11.8 Å². The van der Waals surface area contributed by atoms with Crippen LogP contribution in [-0.4, -0.2) is 51.2 Å². The van der Waals surface area contributed by atoms with Gasteiger partial charge in [-0.1, -0.05) is 0 Å². The lowest BCUT2D eigenvalue weighted by Gasteiger charge is -2.16. The molecule has 1 N–H and O–H groups in total. The van der Waals surface area contributed by atoms with Gasteiger partial charge in [-0.25, -0.2) is 9.37 Å². The number of methoxy groups -OCH3 is 1. The van der Waals surface area contributed by atoms with Crippen molar-refractivity contribution in [1.29, 1.82) is 0 Å². The van der Waals surface area contributed by atoms with Crippen molar-refractivity contribution < 1.29 is 13.9 Å². The molecule has 1 aliphatic heterocycles. The van der Waals surface area contributed by atoms with E-state index >= 15 is 0 Å².